The minimum Gasteiger partial charge on any atom is -0.355 e. The number of carbonyl (C=O) groups is 1. The molecule has 0 heterocycles. The van der Waals surface area contributed by atoms with E-state index in [2.05, 4.69) is 10.6 Å². The first-order valence-electron chi connectivity index (χ1n) is 4.98. The highest BCUT2D eigenvalue weighted by molar-refractivity contribution is 5.75. The zero-order valence-electron chi connectivity index (χ0n) is 9.02. The van der Waals surface area contributed by atoms with Crippen LogP contribution in [0.5, 0.6) is 0 Å². The van der Waals surface area contributed by atoms with Crippen LogP contribution < -0.4 is 16.4 Å². The molecule has 0 bridgehead atoms. The van der Waals surface area contributed by atoms with Crippen LogP contribution in [-0.4, -0.2) is 32.1 Å². The highest BCUT2D eigenvalue weighted by Gasteiger charge is 1.93. The van der Waals surface area contributed by atoms with Crippen molar-refractivity contribution in [1.82, 2.24) is 10.6 Å². The molecule has 4 nitrogen and oxygen atoms in total. The van der Waals surface area contributed by atoms with Gasteiger partial charge in [0.2, 0.25) is 5.91 Å². The fourth-order valence-corrected chi connectivity index (χ4v) is 0.642. The van der Waals surface area contributed by atoms with Gasteiger partial charge in [0.15, 0.2) is 0 Å². The largest absolute Gasteiger partial charge is 0.355 e. The molecular weight excluding hydrogens is 166 g/mol. The second-order valence-electron chi connectivity index (χ2n) is 2.24. The van der Waals surface area contributed by atoms with E-state index < -0.39 is 0 Å². The highest BCUT2D eigenvalue weighted by Crippen LogP contribution is 1.72. The Morgan fingerprint density at radius 1 is 1.23 bits per heavy atom. The van der Waals surface area contributed by atoms with E-state index in [1.165, 1.54) is 0 Å². The maximum atomic E-state index is 10.7. The Balaban J connectivity index is 0. The number of carbonyl (C=O) groups excluding carboxylic acids is 1. The molecule has 0 saturated carbocycles. The van der Waals surface area contributed by atoms with Gasteiger partial charge >= 0.3 is 0 Å². The van der Waals surface area contributed by atoms with Gasteiger partial charge in [-0.15, -0.1) is 0 Å². The summed E-state index contributed by atoms with van der Waals surface area (Å²) in [7, 11) is 0. The lowest BCUT2D eigenvalue weighted by Gasteiger charge is -2.03. The molecule has 1 amide bonds. The van der Waals surface area contributed by atoms with E-state index in [1.807, 2.05) is 20.8 Å². The van der Waals surface area contributed by atoms with Crippen molar-refractivity contribution in [2.75, 3.05) is 26.2 Å². The third kappa shape index (κ3) is 14.3. The van der Waals surface area contributed by atoms with Crippen molar-refractivity contribution in [3.05, 3.63) is 0 Å². The fourth-order valence-electron chi connectivity index (χ4n) is 0.642. The highest BCUT2D eigenvalue weighted by atomic mass is 16.1. The third-order valence-electron chi connectivity index (χ3n) is 1.27. The van der Waals surface area contributed by atoms with Crippen LogP contribution in [0.2, 0.25) is 0 Å². The van der Waals surface area contributed by atoms with Gasteiger partial charge in [-0.05, 0) is 0 Å². The summed E-state index contributed by atoms with van der Waals surface area (Å²) in [5.74, 6) is 0.0968. The van der Waals surface area contributed by atoms with Crippen molar-refractivity contribution < 1.29 is 4.79 Å². The van der Waals surface area contributed by atoms with E-state index in [9.17, 15) is 4.79 Å². The predicted octanol–water partition coefficient (Wildman–Crippen LogP) is 0.0871. The first-order chi connectivity index (χ1) is 6.31. The molecule has 0 aromatic heterocycles. The van der Waals surface area contributed by atoms with Crippen LogP contribution in [0.15, 0.2) is 0 Å². The van der Waals surface area contributed by atoms with Crippen LogP contribution >= 0.6 is 0 Å². The minimum atomic E-state index is 0.0968. The molecule has 80 valence electrons. The van der Waals surface area contributed by atoms with Crippen LogP contribution in [0, 0.1) is 0 Å². The zero-order valence-corrected chi connectivity index (χ0v) is 9.02. The molecule has 0 aliphatic heterocycles. The lowest BCUT2D eigenvalue weighted by Crippen LogP contribution is -2.33. The first-order valence-corrected chi connectivity index (χ1v) is 4.98. The summed E-state index contributed by atoms with van der Waals surface area (Å²) in [6, 6.07) is 0. The maximum absolute atomic E-state index is 10.7. The standard InChI is InChI=1S/C7H17N3O.C2H6/c1-2-7(11)10-6-5-9-4-3-8;1-2/h9H,2-6,8H2,1H3,(H,10,11);1-2H3. The molecule has 0 atom stereocenters. The summed E-state index contributed by atoms with van der Waals surface area (Å²) in [6.07, 6.45) is 0.552. The second kappa shape index (κ2) is 13.9. The average molecular weight is 189 g/mol. The summed E-state index contributed by atoms with van der Waals surface area (Å²) in [5, 5.41) is 5.82. The van der Waals surface area contributed by atoms with Gasteiger partial charge in [-0.2, -0.15) is 0 Å². The van der Waals surface area contributed by atoms with Crippen LogP contribution in [-0.2, 0) is 4.79 Å². The fraction of sp³-hybridized carbons (Fsp3) is 0.889. The SMILES string of the molecule is CC.CCC(=O)NCCNCCN. The Morgan fingerprint density at radius 3 is 2.31 bits per heavy atom. The number of rotatable bonds is 6. The van der Waals surface area contributed by atoms with Crippen LogP contribution in [0.4, 0.5) is 0 Å². The van der Waals surface area contributed by atoms with Gasteiger partial charge in [-0.25, -0.2) is 0 Å². The summed E-state index contributed by atoms with van der Waals surface area (Å²) in [4.78, 5) is 10.7. The van der Waals surface area contributed by atoms with Gasteiger partial charge in [0.25, 0.3) is 0 Å². The quantitative estimate of drug-likeness (QED) is 0.519. The van der Waals surface area contributed by atoms with E-state index in [0.717, 1.165) is 13.1 Å². The monoisotopic (exact) mass is 189 g/mol. The van der Waals surface area contributed by atoms with Crippen molar-refractivity contribution in [2.24, 2.45) is 5.73 Å². The number of nitrogens with two attached hydrogens (primary N) is 1. The molecule has 13 heavy (non-hydrogen) atoms. The molecule has 0 aliphatic carbocycles. The van der Waals surface area contributed by atoms with Crippen LogP contribution in [0.25, 0.3) is 0 Å². The molecule has 0 rings (SSSR count). The van der Waals surface area contributed by atoms with E-state index in [4.69, 9.17) is 5.73 Å². The van der Waals surface area contributed by atoms with Crippen molar-refractivity contribution in [3.8, 4) is 0 Å². The Bertz CT molecular complexity index is 107. The van der Waals surface area contributed by atoms with Gasteiger partial charge in [0, 0.05) is 32.6 Å². The lowest BCUT2D eigenvalue weighted by atomic mass is 10.4. The Hall–Kier alpha value is -0.610. The zero-order chi connectivity index (χ0) is 10.5. The predicted molar refractivity (Wildman–Crippen MR) is 56.6 cm³/mol. The van der Waals surface area contributed by atoms with Crippen LogP contribution in [0.3, 0.4) is 0 Å². The number of hydrogen-bond donors (Lipinski definition) is 3. The third-order valence-corrected chi connectivity index (χ3v) is 1.27. The van der Waals surface area contributed by atoms with E-state index in [0.29, 0.717) is 19.5 Å². The van der Waals surface area contributed by atoms with Gasteiger partial charge in [-0.3, -0.25) is 4.79 Å². The molecular formula is C9H23N3O. The van der Waals surface area contributed by atoms with Crippen LogP contribution in [0.1, 0.15) is 27.2 Å². The topological polar surface area (TPSA) is 67.2 Å². The molecule has 0 aliphatic rings. The number of nitrogens with one attached hydrogen (secondary N) is 2. The maximum Gasteiger partial charge on any atom is 0.219 e. The minimum absolute atomic E-state index is 0.0968. The summed E-state index contributed by atoms with van der Waals surface area (Å²) < 4.78 is 0. The summed E-state index contributed by atoms with van der Waals surface area (Å²) in [6.45, 7) is 8.77. The van der Waals surface area contributed by atoms with E-state index in [1.54, 1.807) is 0 Å². The Kier molecular flexibility index (Phi) is 16.0. The summed E-state index contributed by atoms with van der Waals surface area (Å²) in [5.41, 5.74) is 5.25. The Morgan fingerprint density at radius 2 is 1.85 bits per heavy atom. The molecule has 0 unspecified atom stereocenters. The van der Waals surface area contributed by atoms with Gasteiger partial charge in [0.05, 0.1) is 0 Å². The molecule has 4 heteroatoms. The van der Waals surface area contributed by atoms with Crippen molar-refractivity contribution in [3.63, 3.8) is 0 Å². The molecule has 0 aromatic rings. The Labute approximate surface area is 81.3 Å². The van der Waals surface area contributed by atoms with E-state index >= 15 is 0 Å². The van der Waals surface area contributed by atoms with E-state index in [-0.39, 0.29) is 5.91 Å². The summed E-state index contributed by atoms with van der Waals surface area (Å²) >= 11 is 0. The van der Waals surface area contributed by atoms with Gasteiger partial charge < -0.3 is 16.4 Å². The van der Waals surface area contributed by atoms with Crippen molar-refractivity contribution in [2.45, 2.75) is 27.2 Å². The van der Waals surface area contributed by atoms with Crippen molar-refractivity contribution >= 4 is 5.91 Å². The molecule has 0 spiro atoms. The second-order valence-corrected chi connectivity index (χ2v) is 2.24. The first kappa shape index (κ1) is 14.9. The van der Waals surface area contributed by atoms with Gasteiger partial charge in [0.1, 0.15) is 0 Å². The number of amides is 1. The van der Waals surface area contributed by atoms with Crippen molar-refractivity contribution in [1.29, 1.82) is 0 Å². The smallest absolute Gasteiger partial charge is 0.219 e. The number of hydrogen-bond acceptors (Lipinski definition) is 3. The molecule has 0 fully saturated rings. The molecule has 0 saturated heterocycles. The average Bonchev–Trinajstić information content (AvgIpc) is 2.20. The lowest BCUT2D eigenvalue weighted by molar-refractivity contribution is -0.120. The normalized spacial score (nSPS) is 8.62. The molecule has 0 radical (unpaired) electrons. The molecule has 0 aromatic carbocycles. The van der Waals surface area contributed by atoms with Gasteiger partial charge in [-0.1, -0.05) is 20.8 Å². The molecule has 4 N–H and O–H groups in total.